The first-order chi connectivity index (χ1) is 9.15. The van der Waals surface area contributed by atoms with E-state index in [1.807, 2.05) is 6.07 Å². The Kier molecular flexibility index (Phi) is 4.18. The van der Waals surface area contributed by atoms with Crippen molar-refractivity contribution in [2.75, 3.05) is 32.1 Å². The number of hydrogen-bond donors (Lipinski definition) is 0. The van der Waals surface area contributed by atoms with Gasteiger partial charge in [-0.25, -0.2) is 0 Å². The molecule has 4 nitrogen and oxygen atoms in total. The molecule has 0 saturated carbocycles. The van der Waals surface area contributed by atoms with Crippen molar-refractivity contribution in [3.63, 3.8) is 0 Å². The van der Waals surface area contributed by atoms with E-state index in [-0.39, 0.29) is 0 Å². The molecule has 1 aromatic rings. The number of nitrogens with zero attached hydrogens (tertiary/aromatic N) is 3. The van der Waals surface area contributed by atoms with Gasteiger partial charge in [-0.2, -0.15) is 5.26 Å². The number of hydrogen-bond acceptors (Lipinski definition) is 4. The first kappa shape index (κ1) is 13.6. The van der Waals surface area contributed by atoms with Crippen LogP contribution in [0.5, 0.6) is 0 Å². The smallest absolute Gasteiger partial charge is 0.150 e. The molecule has 1 fully saturated rings. The molecule has 1 saturated heterocycles. The second-order valence-electron chi connectivity index (χ2n) is 5.21. The van der Waals surface area contributed by atoms with Crippen LogP contribution in [-0.4, -0.2) is 44.4 Å². The normalized spacial score (nSPS) is 19.3. The molecular weight excluding hydrogens is 238 g/mol. The zero-order valence-electron chi connectivity index (χ0n) is 11.5. The standard InChI is InChI=1S/C15H19N3O/c1-17(2)14-4-3-7-18(10-14)15-6-5-12(11-19)8-13(15)9-16/h5-6,8,11,14H,3-4,7,10H2,1-2H3. The molecular formula is C15H19N3O. The Bertz CT molecular complexity index is 505. The van der Waals surface area contributed by atoms with E-state index in [1.165, 1.54) is 6.42 Å². The molecule has 1 heterocycles. The quantitative estimate of drug-likeness (QED) is 0.776. The van der Waals surface area contributed by atoms with Gasteiger partial charge in [-0.15, -0.1) is 0 Å². The summed E-state index contributed by atoms with van der Waals surface area (Å²) in [4.78, 5) is 15.3. The second kappa shape index (κ2) is 5.85. The van der Waals surface area contributed by atoms with Gasteiger partial charge in [0.1, 0.15) is 12.4 Å². The highest BCUT2D eigenvalue weighted by Gasteiger charge is 2.23. The fraction of sp³-hybridized carbons (Fsp3) is 0.467. The lowest BCUT2D eigenvalue weighted by Crippen LogP contribution is -2.45. The fourth-order valence-corrected chi connectivity index (χ4v) is 2.59. The van der Waals surface area contributed by atoms with E-state index in [1.54, 1.807) is 12.1 Å². The number of carbonyl (C=O) groups is 1. The average molecular weight is 257 g/mol. The van der Waals surface area contributed by atoms with Crippen LogP contribution in [-0.2, 0) is 0 Å². The number of carbonyl (C=O) groups excluding carboxylic acids is 1. The summed E-state index contributed by atoms with van der Waals surface area (Å²) in [6.07, 6.45) is 3.10. The molecule has 2 rings (SSSR count). The van der Waals surface area contributed by atoms with Crippen LogP contribution in [0.15, 0.2) is 18.2 Å². The van der Waals surface area contributed by atoms with Gasteiger partial charge >= 0.3 is 0 Å². The van der Waals surface area contributed by atoms with Gasteiger partial charge in [0.15, 0.2) is 0 Å². The Hall–Kier alpha value is -1.86. The van der Waals surface area contributed by atoms with Crippen LogP contribution in [0, 0.1) is 11.3 Å². The maximum atomic E-state index is 10.8. The summed E-state index contributed by atoms with van der Waals surface area (Å²) < 4.78 is 0. The lowest BCUT2D eigenvalue weighted by molar-refractivity contribution is 0.112. The molecule has 1 unspecified atom stereocenters. The average Bonchev–Trinajstić information content (AvgIpc) is 2.46. The highest BCUT2D eigenvalue weighted by Crippen LogP contribution is 2.25. The monoisotopic (exact) mass is 257 g/mol. The molecule has 4 heteroatoms. The minimum absolute atomic E-state index is 0.519. The summed E-state index contributed by atoms with van der Waals surface area (Å²) in [6.45, 7) is 1.90. The Morgan fingerprint density at radius 2 is 2.26 bits per heavy atom. The van der Waals surface area contributed by atoms with E-state index < -0.39 is 0 Å². The van der Waals surface area contributed by atoms with Gasteiger partial charge in [0, 0.05) is 24.7 Å². The lowest BCUT2D eigenvalue weighted by Gasteiger charge is -2.37. The summed E-state index contributed by atoms with van der Waals surface area (Å²) >= 11 is 0. The molecule has 0 amide bonds. The van der Waals surface area contributed by atoms with Crippen molar-refractivity contribution in [2.45, 2.75) is 18.9 Å². The number of piperidine rings is 1. The highest BCUT2D eigenvalue weighted by molar-refractivity contribution is 5.78. The predicted octanol–water partition coefficient (Wildman–Crippen LogP) is 1.90. The molecule has 1 aliphatic rings. The van der Waals surface area contributed by atoms with Crippen LogP contribution in [0.25, 0.3) is 0 Å². The molecule has 0 aliphatic carbocycles. The Labute approximate surface area is 114 Å². The topological polar surface area (TPSA) is 47.3 Å². The zero-order chi connectivity index (χ0) is 13.8. The molecule has 0 aromatic heterocycles. The van der Waals surface area contributed by atoms with Crippen LogP contribution in [0.3, 0.4) is 0 Å². The van der Waals surface area contributed by atoms with Crippen molar-refractivity contribution < 1.29 is 4.79 Å². The maximum Gasteiger partial charge on any atom is 0.150 e. The Balaban J connectivity index is 2.26. The van der Waals surface area contributed by atoms with Gasteiger partial charge in [0.05, 0.1) is 11.3 Å². The predicted molar refractivity (Wildman–Crippen MR) is 75.5 cm³/mol. The van der Waals surface area contributed by atoms with Gasteiger partial charge in [0.25, 0.3) is 0 Å². The number of anilines is 1. The summed E-state index contributed by atoms with van der Waals surface area (Å²) in [5.74, 6) is 0. The van der Waals surface area contributed by atoms with Crippen LogP contribution >= 0.6 is 0 Å². The molecule has 0 bridgehead atoms. The van der Waals surface area contributed by atoms with Gasteiger partial charge in [-0.3, -0.25) is 4.79 Å². The highest BCUT2D eigenvalue weighted by atomic mass is 16.1. The van der Waals surface area contributed by atoms with Crippen molar-refractivity contribution in [3.05, 3.63) is 29.3 Å². The van der Waals surface area contributed by atoms with Crippen LogP contribution in [0.1, 0.15) is 28.8 Å². The molecule has 1 aromatic carbocycles. The molecule has 0 spiro atoms. The molecule has 0 N–H and O–H groups in total. The summed E-state index contributed by atoms with van der Waals surface area (Å²) in [6, 6.07) is 8.05. The molecule has 19 heavy (non-hydrogen) atoms. The van der Waals surface area contributed by atoms with Gasteiger partial charge < -0.3 is 9.80 Å². The zero-order valence-corrected chi connectivity index (χ0v) is 11.5. The third-order valence-corrected chi connectivity index (χ3v) is 3.74. The van der Waals surface area contributed by atoms with E-state index in [4.69, 9.17) is 0 Å². The van der Waals surface area contributed by atoms with Gasteiger partial charge in [-0.05, 0) is 45.1 Å². The number of rotatable bonds is 3. The second-order valence-corrected chi connectivity index (χ2v) is 5.21. The van der Waals surface area contributed by atoms with Crippen molar-refractivity contribution in [1.82, 2.24) is 4.90 Å². The van der Waals surface area contributed by atoms with Crippen molar-refractivity contribution >= 4 is 12.0 Å². The van der Waals surface area contributed by atoms with E-state index in [9.17, 15) is 10.1 Å². The minimum Gasteiger partial charge on any atom is -0.369 e. The molecule has 100 valence electrons. The third kappa shape index (κ3) is 2.94. The maximum absolute atomic E-state index is 10.8. The number of nitriles is 1. The first-order valence-electron chi connectivity index (χ1n) is 6.56. The molecule has 1 atom stereocenters. The molecule has 0 radical (unpaired) electrons. The van der Waals surface area contributed by atoms with Crippen molar-refractivity contribution in [1.29, 1.82) is 5.26 Å². The van der Waals surface area contributed by atoms with E-state index in [0.717, 1.165) is 31.5 Å². The summed E-state index contributed by atoms with van der Waals surface area (Å²) in [5.41, 5.74) is 2.09. The van der Waals surface area contributed by atoms with Crippen LogP contribution in [0.2, 0.25) is 0 Å². The van der Waals surface area contributed by atoms with Crippen molar-refractivity contribution in [2.24, 2.45) is 0 Å². The van der Waals surface area contributed by atoms with Crippen LogP contribution < -0.4 is 4.90 Å². The third-order valence-electron chi connectivity index (χ3n) is 3.74. The SMILES string of the molecule is CN(C)C1CCCN(c2ccc(C=O)cc2C#N)C1. The Morgan fingerprint density at radius 3 is 2.89 bits per heavy atom. The minimum atomic E-state index is 0.519. The van der Waals surface area contributed by atoms with E-state index in [0.29, 0.717) is 17.2 Å². The number of aldehydes is 1. The summed E-state index contributed by atoms with van der Waals surface area (Å²) in [7, 11) is 4.18. The summed E-state index contributed by atoms with van der Waals surface area (Å²) in [5, 5.41) is 9.24. The number of likely N-dealkylation sites (N-methyl/N-ethyl adjacent to an activating group) is 1. The Morgan fingerprint density at radius 1 is 1.47 bits per heavy atom. The largest absolute Gasteiger partial charge is 0.369 e. The van der Waals surface area contributed by atoms with Crippen molar-refractivity contribution in [3.8, 4) is 6.07 Å². The molecule has 1 aliphatic heterocycles. The number of benzene rings is 1. The van der Waals surface area contributed by atoms with Gasteiger partial charge in [-0.1, -0.05) is 0 Å². The fourth-order valence-electron chi connectivity index (χ4n) is 2.59. The van der Waals surface area contributed by atoms with E-state index in [2.05, 4.69) is 30.0 Å². The van der Waals surface area contributed by atoms with Crippen LogP contribution in [0.4, 0.5) is 5.69 Å². The van der Waals surface area contributed by atoms with Gasteiger partial charge in [0.2, 0.25) is 0 Å². The van der Waals surface area contributed by atoms with E-state index >= 15 is 0 Å². The lowest BCUT2D eigenvalue weighted by atomic mass is 10.0. The first-order valence-corrected chi connectivity index (χ1v) is 6.56.